The molecule has 4 rings (SSSR count). The zero-order chi connectivity index (χ0) is 24.9. The normalized spacial score (nSPS) is 11.0. The Kier molecular flexibility index (Phi) is 7.02. The van der Waals surface area contributed by atoms with Crippen molar-refractivity contribution in [1.82, 2.24) is 20.0 Å². The van der Waals surface area contributed by atoms with E-state index in [0.717, 1.165) is 18.8 Å². The fourth-order valence-electron chi connectivity index (χ4n) is 3.46. The third-order valence-corrected chi connectivity index (χ3v) is 5.30. The zero-order valence-electron chi connectivity index (χ0n) is 19.7. The summed E-state index contributed by atoms with van der Waals surface area (Å²) in [5, 5.41) is 10.1. The molecule has 2 aromatic carbocycles. The van der Waals surface area contributed by atoms with Crippen LogP contribution in [0.1, 0.15) is 0 Å². The first-order valence-corrected chi connectivity index (χ1v) is 10.9. The summed E-state index contributed by atoms with van der Waals surface area (Å²) in [6.07, 6.45) is 2.73. The molecule has 0 fully saturated rings. The van der Waals surface area contributed by atoms with Gasteiger partial charge in [-0.05, 0) is 50.5 Å². The lowest BCUT2D eigenvalue weighted by Gasteiger charge is -2.24. The van der Waals surface area contributed by atoms with Crippen molar-refractivity contribution in [3.05, 3.63) is 67.1 Å². The van der Waals surface area contributed by atoms with Crippen LogP contribution in [0.2, 0.25) is 0 Å². The van der Waals surface area contributed by atoms with Gasteiger partial charge in [0.05, 0.1) is 17.6 Å². The average molecular weight is 476 g/mol. The van der Waals surface area contributed by atoms with E-state index in [1.807, 2.05) is 33.3 Å². The molecule has 2 heterocycles. The molecule has 0 saturated heterocycles. The van der Waals surface area contributed by atoms with E-state index in [0.29, 0.717) is 39.7 Å². The first-order chi connectivity index (χ1) is 16.8. The zero-order valence-corrected chi connectivity index (χ0v) is 19.7. The van der Waals surface area contributed by atoms with Gasteiger partial charge in [0.1, 0.15) is 17.0 Å². The molecule has 0 aliphatic carbocycles. The molecular weight excluding hydrogens is 449 g/mol. The van der Waals surface area contributed by atoms with Crippen LogP contribution >= 0.6 is 0 Å². The van der Waals surface area contributed by atoms with Gasteiger partial charge in [-0.2, -0.15) is 0 Å². The highest BCUT2D eigenvalue weighted by Gasteiger charge is 2.15. The van der Waals surface area contributed by atoms with E-state index >= 15 is 0 Å². The van der Waals surface area contributed by atoms with Gasteiger partial charge in [0.15, 0.2) is 0 Å². The van der Waals surface area contributed by atoms with Crippen molar-refractivity contribution >= 4 is 40.0 Å². The third kappa shape index (κ3) is 5.61. The molecule has 0 unspecified atom stereocenters. The van der Waals surface area contributed by atoms with Crippen LogP contribution in [-0.2, 0) is 4.79 Å². The molecule has 0 aliphatic rings. The quantitative estimate of drug-likeness (QED) is 0.346. The number of aromatic nitrogens is 3. The molecular formula is C25H26FN7O2. The predicted molar refractivity (Wildman–Crippen MR) is 135 cm³/mol. The number of nitrogens with zero attached hydrogens (tertiary/aromatic N) is 5. The second-order valence-corrected chi connectivity index (χ2v) is 8.22. The summed E-state index contributed by atoms with van der Waals surface area (Å²) in [6.45, 7) is 5.16. The molecule has 0 spiro atoms. The Balaban J connectivity index is 1.64. The summed E-state index contributed by atoms with van der Waals surface area (Å²) < 4.78 is 19.0. The molecule has 0 radical (unpaired) electrons. The lowest BCUT2D eigenvalue weighted by Crippen LogP contribution is -2.29. The Morgan fingerprint density at radius 2 is 2.00 bits per heavy atom. The van der Waals surface area contributed by atoms with Crippen LogP contribution in [0.5, 0.6) is 0 Å². The summed E-state index contributed by atoms with van der Waals surface area (Å²) in [7, 11) is 5.98. The fourth-order valence-corrected chi connectivity index (χ4v) is 3.46. The van der Waals surface area contributed by atoms with Gasteiger partial charge in [-0.15, -0.1) is 0 Å². The van der Waals surface area contributed by atoms with Crippen LogP contribution in [0.4, 0.5) is 27.4 Å². The number of rotatable bonds is 9. The van der Waals surface area contributed by atoms with Crippen molar-refractivity contribution in [2.45, 2.75) is 0 Å². The van der Waals surface area contributed by atoms with Gasteiger partial charge >= 0.3 is 0 Å². The lowest BCUT2D eigenvalue weighted by atomic mass is 10.1. The summed E-state index contributed by atoms with van der Waals surface area (Å²) in [5.74, 6) is -0.393. The van der Waals surface area contributed by atoms with Crippen molar-refractivity contribution < 1.29 is 13.7 Å². The lowest BCUT2D eigenvalue weighted by molar-refractivity contribution is -0.111. The smallest absolute Gasteiger partial charge is 0.247 e. The molecule has 1 amide bonds. The number of benzene rings is 2. The average Bonchev–Trinajstić information content (AvgIpc) is 3.26. The summed E-state index contributed by atoms with van der Waals surface area (Å²) in [4.78, 5) is 25.0. The van der Waals surface area contributed by atoms with Gasteiger partial charge in [0.25, 0.3) is 0 Å². The van der Waals surface area contributed by atoms with Crippen LogP contribution in [0, 0.1) is 5.82 Å². The monoisotopic (exact) mass is 475 g/mol. The van der Waals surface area contributed by atoms with E-state index in [9.17, 15) is 9.18 Å². The molecule has 2 N–H and O–H groups in total. The van der Waals surface area contributed by atoms with E-state index in [-0.39, 0.29) is 11.7 Å². The maximum absolute atomic E-state index is 13.7. The number of likely N-dealkylation sites (N-methyl/N-ethyl adjacent to an activating group) is 2. The third-order valence-electron chi connectivity index (χ3n) is 5.30. The Bertz CT molecular complexity index is 1370. The summed E-state index contributed by atoms with van der Waals surface area (Å²) in [5.41, 5.74) is 3.94. The molecule has 0 saturated carbocycles. The number of anilines is 4. The van der Waals surface area contributed by atoms with Crippen molar-refractivity contribution in [2.75, 3.05) is 49.8 Å². The van der Waals surface area contributed by atoms with Crippen molar-refractivity contribution in [1.29, 1.82) is 0 Å². The molecule has 4 aromatic rings. The van der Waals surface area contributed by atoms with Crippen LogP contribution in [-0.4, -0.2) is 60.2 Å². The highest BCUT2D eigenvalue weighted by Crippen LogP contribution is 2.31. The number of hydrogen-bond donors (Lipinski definition) is 2. The highest BCUT2D eigenvalue weighted by molar-refractivity contribution is 6.01. The maximum Gasteiger partial charge on any atom is 0.247 e. The Morgan fingerprint density at radius 1 is 1.17 bits per heavy atom. The molecule has 0 aliphatic heterocycles. The molecule has 0 atom stereocenters. The Labute approximate surface area is 202 Å². The van der Waals surface area contributed by atoms with Crippen LogP contribution in [0.15, 0.2) is 65.8 Å². The van der Waals surface area contributed by atoms with Gasteiger partial charge in [0.2, 0.25) is 17.4 Å². The van der Waals surface area contributed by atoms with Gasteiger partial charge in [0, 0.05) is 31.4 Å². The van der Waals surface area contributed by atoms with Gasteiger partial charge in [-0.3, -0.25) is 4.79 Å². The molecule has 2 aromatic heterocycles. The van der Waals surface area contributed by atoms with E-state index in [4.69, 9.17) is 4.52 Å². The second kappa shape index (κ2) is 10.3. The standard InChI is InChI=1S/C25H26FN7O2/c1-5-22(34)29-19-14-18(9-10-20(19)33(4)12-11-32(2)3)28-25-27-15-21-24(30-25)23(31-35-21)16-7-6-8-17(26)13-16/h5-10,13-15H,1,11-12H2,2-4H3,(H,29,34)(H,27,28,30). The first-order valence-electron chi connectivity index (χ1n) is 10.9. The molecule has 0 bridgehead atoms. The molecule has 10 heteroatoms. The Hall–Kier alpha value is -4.31. The number of carbonyl (C=O) groups excluding carboxylic acids is 1. The van der Waals surface area contributed by atoms with E-state index in [1.165, 1.54) is 24.4 Å². The largest absolute Gasteiger partial charge is 0.372 e. The predicted octanol–water partition coefficient (Wildman–Crippen LogP) is 4.29. The van der Waals surface area contributed by atoms with E-state index in [2.05, 4.69) is 42.1 Å². The molecule has 180 valence electrons. The summed E-state index contributed by atoms with van der Waals surface area (Å²) >= 11 is 0. The number of nitrogens with one attached hydrogen (secondary N) is 2. The molecule has 9 nitrogen and oxygen atoms in total. The van der Waals surface area contributed by atoms with E-state index < -0.39 is 0 Å². The maximum atomic E-state index is 13.7. The number of fused-ring (bicyclic) bond motifs is 1. The fraction of sp³-hybridized carbons (Fsp3) is 0.200. The van der Waals surface area contributed by atoms with Crippen LogP contribution < -0.4 is 15.5 Å². The second-order valence-electron chi connectivity index (χ2n) is 8.22. The van der Waals surface area contributed by atoms with Gasteiger partial charge in [-0.1, -0.05) is 23.9 Å². The molecule has 35 heavy (non-hydrogen) atoms. The van der Waals surface area contributed by atoms with Crippen LogP contribution in [0.25, 0.3) is 22.4 Å². The number of amides is 1. The highest BCUT2D eigenvalue weighted by atomic mass is 19.1. The first kappa shape index (κ1) is 23.8. The minimum Gasteiger partial charge on any atom is -0.372 e. The van der Waals surface area contributed by atoms with Crippen molar-refractivity contribution in [2.24, 2.45) is 0 Å². The minimum atomic E-state index is -0.379. The van der Waals surface area contributed by atoms with Crippen LogP contribution in [0.3, 0.4) is 0 Å². The number of hydrogen-bond acceptors (Lipinski definition) is 8. The summed E-state index contributed by atoms with van der Waals surface area (Å²) in [6, 6.07) is 11.6. The van der Waals surface area contributed by atoms with Crippen molar-refractivity contribution in [3.63, 3.8) is 0 Å². The topological polar surface area (TPSA) is 99.4 Å². The number of halogens is 1. The minimum absolute atomic E-state index is 0.299. The SMILES string of the molecule is C=CC(=O)Nc1cc(Nc2ncc3onc(-c4cccc(F)c4)c3n2)ccc1N(C)CCN(C)C. The number of carbonyl (C=O) groups is 1. The Morgan fingerprint density at radius 3 is 2.74 bits per heavy atom. The van der Waals surface area contributed by atoms with Gasteiger partial charge in [-0.25, -0.2) is 14.4 Å². The van der Waals surface area contributed by atoms with Gasteiger partial charge < -0.3 is 25.0 Å². The van der Waals surface area contributed by atoms with Crippen molar-refractivity contribution in [3.8, 4) is 11.3 Å². The van der Waals surface area contributed by atoms with E-state index in [1.54, 1.807) is 18.2 Å².